The molecule has 15 saturated heterocycles. The van der Waals surface area contributed by atoms with Gasteiger partial charge in [0.1, 0.15) is 30.5 Å². The van der Waals surface area contributed by atoms with E-state index in [4.69, 9.17) is 66.3 Å². The van der Waals surface area contributed by atoms with E-state index in [1.165, 1.54) is 0 Å². The molecule has 4 N–H and O–H groups in total. The summed E-state index contributed by atoms with van der Waals surface area (Å²) >= 11 is 0. The Bertz CT molecular complexity index is 2260. The van der Waals surface area contributed by atoms with Crippen LogP contribution in [0.25, 0.3) is 0 Å². The van der Waals surface area contributed by atoms with Gasteiger partial charge in [0.05, 0.1) is 129 Å². The fourth-order valence-electron chi connectivity index (χ4n) is 17.4. The molecular formula is C59H86O19. The highest BCUT2D eigenvalue weighted by Gasteiger charge is 2.67. The highest BCUT2D eigenvalue weighted by molar-refractivity contribution is 5.70. The van der Waals surface area contributed by atoms with Gasteiger partial charge in [-0.1, -0.05) is 40.9 Å². The van der Waals surface area contributed by atoms with Crippen LogP contribution in [0.1, 0.15) is 143 Å². The van der Waals surface area contributed by atoms with Crippen LogP contribution in [0.5, 0.6) is 0 Å². The van der Waals surface area contributed by atoms with E-state index in [0.29, 0.717) is 70.6 Å². The van der Waals surface area contributed by atoms with E-state index in [1.807, 2.05) is 0 Å². The molecule has 0 radical (unpaired) electrons. The lowest BCUT2D eigenvalue weighted by molar-refractivity contribution is -0.354. The third-order valence-corrected chi connectivity index (χ3v) is 21.3. The van der Waals surface area contributed by atoms with Crippen LogP contribution in [0.3, 0.4) is 0 Å². The van der Waals surface area contributed by atoms with Crippen molar-refractivity contribution < 1.29 is 91.5 Å². The van der Waals surface area contributed by atoms with Crippen molar-refractivity contribution >= 4 is 5.97 Å². The zero-order chi connectivity index (χ0) is 53.7. The molecule has 436 valence electrons. The number of esters is 1. The number of carbonyl (C=O) groups excluding carboxylic acids is 1. The molecule has 31 atom stereocenters. The summed E-state index contributed by atoms with van der Waals surface area (Å²) in [6, 6.07) is 0. The second kappa shape index (κ2) is 20.5. The van der Waals surface area contributed by atoms with Crippen molar-refractivity contribution in [3.63, 3.8) is 0 Å². The average molecular weight is 1100 g/mol. The topological polar surface area (TPSA) is 227 Å². The van der Waals surface area contributed by atoms with Crippen LogP contribution in [0, 0.1) is 23.7 Å². The summed E-state index contributed by atoms with van der Waals surface area (Å²) < 4.78 is 95.6. The number of hydrogen-bond donors (Lipinski definition) is 4. The number of ether oxygens (including phenoxy) is 14. The zero-order valence-electron chi connectivity index (χ0n) is 45.9. The Morgan fingerprint density at radius 2 is 1.21 bits per heavy atom. The molecule has 78 heavy (non-hydrogen) atoms. The third-order valence-electron chi connectivity index (χ3n) is 21.3. The smallest absolute Gasteiger partial charge is 0.308 e. The van der Waals surface area contributed by atoms with Crippen molar-refractivity contribution in [1.29, 1.82) is 0 Å². The quantitative estimate of drug-likeness (QED) is 0.224. The average Bonchev–Trinajstić information content (AvgIpc) is 4.28. The monoisotopic (exact) mass is 1100 g/mol. The molecule has 0 amide bonds. The van der Waals surface area contributed by atoms with Gasteiger partial charge in [0.2, 0.25) is 0 Å². The second-order valence-electron chi connectivity index (χ2n) is 27.0. The standard InChI is InChI=1S/C59H86O19/c1-26-13-33-7-9-37-27(2)14-35(65-37)11-12-57-23-47(75-57)54-49(64)56(78-57)55-38(69-54)10-8-34(67-55)16-48(63)72-53-31(6)52-43(68-42(53)17-39(66-33)30(26)5)19-41-45(71-52)22-59(73-41)24-46-51(77-59)29(4)21-58(76-46)20-28(3)50-44(74-58)18-40(70-50)36(62)15-32(61)25-60/h26,28-29,31-47,49-56,60-62,64H,2,5,7-25H2,1,3-4,6H3/t26-,28+,29+,31+,32-,33+,34-,35+,36+,37+,38+,39-,40+,41-,42+,43+,44+,45-,46+,47?,49-,50+,51?,52+,53-,54+,55+,56-,57+,58-,59-/m1/s1. The van der Waals surface area contributed by atoms with Crippen molar-refractivity contribution in [3.05, 3.63) is 24.3 Å². The van der Waals surface area contributed by atoms with Crippen LogP contribution in [0.15, 0.2) is 24.3 Å². The first-order chi connectivity index (χ1) is 37.4. The van der Waals surface area contributed by atoms with E-state index < -0.39 is 91.1 Å². The molecule has 15 rings (SSSR count). The van der Waals surface area contributed by atoms with Gasteiger partial charge in [-0.25, -0.2) is 0 Å². The van der Waals surface area contributed by atoms with Gasteiger partial charge in [0.15, 0.2) is 17.4 Å². The number of aliphatic hydroxyl groups excluding tert-OH is 4. The van der Waals surface area contributed by atoms with Crippen molar-refractivity contribution in [2.24, 2.45) is 23.7 Å². The molecule has 10 bridgehead atoms. The minimum absolute atomic E-state index is 0.0144. The molecule has 15 aliphatic rings. The first kappa shape index (κ1) is 54.2. The molecule has 0 saturated carbocycles. The Hall–Kier alpha value is -1.73. The molecule has 15 heterocycles. The van der Waals surface area contributed by atoms with E-state index in [-0.39, 0.29) is 122 Å². The van der Waals surface area contributed by atoms with Crippen LogP contribution in [-0.4, -0.2) is 197 Å². The summed E-state index contributed by atoms with van der Waals surface area (Å²) in [4.78, 5) is 14.5. The molecule has 0 aliphatic carbocycles. The second-order valence-corrected chi connectivity index (χ2v) is 27.0. The van der Waals surface area contributed by atoms with Gasteiger partial charge < -0.3 is 86.7 Å². The lowest BCUT2D eigenvalue weighted by Gasteiger charge is -2.50. The lowest BCUT2D eigenvalue weighted by atomic mass is 9.79. The molecule has 19 heteroatoms. The molecule has 0 aromatic heterocycles. The molecule has 3 spiro atoms. The molecule has 0 aromatic rings. The highest BCUT2D eigenvalue weighted by Crippen LogP contribution is 2.57. The summed E-state index contributed by atoms with van der Waals surface area (Å²) in [6.45, 7) is 17.3. The van der Waals surface area contributed by atoms with Crippen LogP contribution < -0.4 is 0 Å². The maximum absolute atomic E-state index is 14.5. The summed E-state index contributed by atoms with van der Waals surface area (Å²) in [6.07, 6.45) is 0.0332. The van der Waals surface area contributed by atoms with Gasteiger partial charge in [0.25, 0.3) is 0 Å². The number of hydrogen-bond acceptors (Lipinski definition) is 19. The Balaban J connectivity index is 0.682. The summed E-state index contributed by atoms with van der Waals surface area (Å²) in [5.74, 6) is -2.91. The van der Waals surface area contributed by atoms with Crippen molar-refractivity contribution in [2.45, 2.75) is 307 Å². The molecular weight excluding hydrogens is 1010 g/mol. The van der Waals surface area contributed by atoms with E-state index in [2.05, 4.69) is 40.9 Å². The van der Waals surface area contributed by atoms with Crippen molar-refractivity contribution in [2.75, 3.05) is 6.61 Å². The maximum Gasteiger partial charge on any atom is 0.308 e. The number of rotatable bonds is 4. The molecule has 19 nitrogen and oxygen atoms in total. The van der Waals surface area contributed by atoms with Gasteiger partial charge in [-0.15, -0.1) is 0 Å². The molecule has 0 aromatic carbocycles. The predicted molar refractivity (Wildman–Crippen MR) is 271 cm³/mol. The Kier molecular flexibility index (Phi) is 14.3. The van der Waals surface area contributed by atoms with Gasteiger partial charge in [0, 0.05) is 70.1 Å². The van der Waals surface area contributed by atoms with Crippen LogP contribution >= 0.6 is 0 Å². The van der Waals surface area contributed by atoms with E-state index in [1.54, 1.807) is 0 Å². The van der Waals surface area contributed by atoms with Crippen LogP contribution in [-0.2, 0) is 71.1 Å². The molecule has 2 unspecified atom stereocenters. The normalized spacial score (nSPS) is 56.3. The number of aliphatic hydroxyl groups is 4. The zero-order valence-corrected chi connectivity index (χ0v) is 45.9. The van der Waals surface area contributed by atoms with E-state index in [9.17, 15) is 25.2 Å². The summed E-state index contributed by atoms with van der Waals surface area (Å²) in [5.41, 5.74) is 2.11. The van der Waals surface area contributed by atoms with Gasteiger partial charge >= 0.3 is 5.97 Å². The van der Waals surface area contributed by atoms with Gasteiger partial charge in [-0.2, -0.15) is 0 Å². The van der Waals surface area contributed by atoms with Crippen molar-refractivity contribution in [3.8, 4) is 0 Å². The lowest BCUT2D eigenvalue weighted by Crippen LogP contribution is -2.62. The maximum atomic E-state index is 14.5. The van der Waals surface area contributed by atoms with Gasteiger partial charge in [-0.05, 0) is 73.8 Å². The van der Waals surface area contributed by atoms with Crippen LogP contribution in [0.4, 0.5) is 0 Å². The minimum atomic E-state index is -1.02. The highest BCUT2D eigenvalue weighted by atomic mass is 16.8. The fourth-order valence-corrected chi connectivity index (χ4v) is 17.4. The number of carbonyl (C=O) groups is 1. The largest absolute Gasteiger partial charge is 0.459 e. The Labute approximate surface area is 457 Å². The Morgan fingerprint density at radius 1 is 0.538 bits per heavy atom. The van der Waals surface area contributed by atoms with Crippen LogP contribution in [0.2, 0.25) is 0 Å². The molecule has 15 aliphatic heterocycles. The molecule has 15 fully saturated rings. The fraction of sp³-hybridized carbons (Fsp3) is 0.915. The van der Waals surface area contributed by atoms with Crippen molar-refractivity contribution in [1.82, 2.24) is 0 Å². The van der Waals surface area contributed by atoms with E-state index in [0.717, 1.165) is 43.3 Å². The predicted octanol–water partition coefficient (Wildman–Crippen LogP) is 4.52. The SMILES string of the molecule is C=C1C[C@@H]2CC[C@]34CC(O3)[C@@H]3O[C@H]5CC[C@H](CC(=O)O[C@@H]6[C@@H](C)[C@@H]7O[C@@H]8C[C@@]9(C[C@@H]%10O[C@@]%11(C[C@H](C)C%10O9)C[C@H](C)[C@@H]9O[C@H]([C@@H](O)C[C@@H](O)CO)C[C@@H]9O%11)O[C@@H]8C[C@@H]7O[C@H]6C[C@H]6O[C@@H](CC[C@@H]1O2)C[C@@H](C)C6=C)O[C@@H]5[C@H](O4)[C@@H]3O. The first-order valence-corrected chi connectivity index (χ1v) is 30.3. The summed E-state index contributed by atoms with van der Waals surface area (Å²) in [5, 5.41) is 42.0. The van der Waals surface area contributed by atoms with E-state index >= 15 is 0 Å². The Morgan fingerprint density at radius 3 is 2.03 bits per heavy atom. The third kappa shape index (κ3) is 9.65. The number of fused-ring (bicyclic) bond motifs is 10. The summed E-state index contributed by atoms with van der Waals surface area (Å²) in [7, 11) is 0. The van der Waals surface area contributed by atoms with Gasteiger partial charge in [-0.3, -0.25) is 4.79 Å². The minimum Gasteiger partial charge on any atom is -0.459 e. The first-order valence-electron chi connectivity index (χ1n) is 30.3.